The van der Waals surface area contributed by atoms with Crippen LogP contribution in [0, 0.1) is 5.41 Å². The van der Waals surface area contributed by atoms with E-state index in [1.807, 2.05) is 4.68 Å². The highest BCUT2D eigenvalue weighted by Gasteiger charge is 2.30. The van der Waals surface area contributed by atoms with Crippen LogP contribution in [0.2, 0.25) is 0 Å². The molecule has 1 aromatic rings. The second kappa shape index (κ2) is 6.29. The summed E-state index contributed by atoms with van der Waals surface area (Å²) in [6, 6.07) is 0. The van der Waals surface area contributed by atoms with Gasteiger partial charge in [-0.3, -0.25) is 0 Å². The minimum Gasteiger partial charge on any atom is -0.396 e. The highest BCUT2D eigenvalue weighted by Crippen LogP contribution is 2.35. The second-order valence-corrected chi connectivity index (χ2v) is 5.31. The van der Waals surface area contributed by atoms with Gasteiger partial charge in [0.2, 0.25) is 0 Å². The predicted molar refractivity (Wildman–Crippen MR) is 70.0 cm³/mol. The van der Waals surface area contributed by atoms with Gasteiger partial charge in [-0.1, -0.05) is 19.3 Å². The molecule has 5 nitrogen and oxygen atoms in total. The summed E-state index contributed by atoms with van der Waals surface area (Å²) in [5.41, 5.74) is 0.0926. The van der Waals surface area contributed by atoms with Gasteiger partial charge >= 0.3 is 0 Å². The highest BCUT2D eigenvalue weighted by molar-refractivity contribution is 4.88. The van der Waals surface area contributed by atoms with Gasteiger partial charge in [0, 0.05) is 25.1 Å². The maximum atomic E-state index is 9.63. The Kier molecular flexibility index (Phi) is 4.72. The lowest BCUT2D eigenvalue weighted by Crippen LogP contribution is -2.39. The summed E-state index contributed by atoms with van der Waals surface area (Å²) in [4.78, 5) is 4.25. The topological polar surface area (TPSA) is 63.0 Å². The van der Waals surface area contributed by atoms with Crippen molar-refractivity contribution >= 4 is 0 Å². The predicted octanol–water partition coefficient (Wildman–Crippen LogP) is 1.33. The smallest absolute Gasteiger partial charge is 0.140 e. The lowest BCUT2D eigenvalue weighted by atomic mass is 9.74. The summed E-state index contributed by atoms with van der Waals surface area (Å²) < 4.78 is 1.90. The summed E-state index contributed by atoms with van der Waals surface area (Å²) in [5, 5.41) is 17.2. The van der Waals surface area contributed by atoms with Gasteiger partial charge in [-0.15, -0.1) is 0 Å². The van der Waals surface area contributed by atoms with E-state index in [4.69, 9.17) is 0 Å². The summed E-state index contributed by atoms with van der Waals surface area (Å²) in [7, 11) is 0. The van der Waals surface area contributed by atoms with E-state index in [0.29, 0.717) is 6.61 Å². The number of aromatic nitrogens is 3. The number of aliphatic hydroxyl groups excluding tert-OH is 1. The van der Waals surface area contributed by atoms with Crippen molar-refractivity contribution in [1.82, 2.24) is 20.1 Å². The van der Waals surface area contributed by atoms with Crippen LogP contribution >= 0.6 is 0 Å². The van der Waals surface area contributed by atoms with E-state index in [9.17, 15) is 5.11 Å². The molecule has 0 atom stereocenters. The number of hydrogen-bond donors (Lipinski definition) is 2. The molecular formula is C13H24N4O. The number of aliphatic hydroxyl groups is 1. The fourth-order valence-electron chi connectivity index (χ4n) is 2.82. The van der Waals surface area contributed by atoms with Gasteiger partial charge in [-0.25, -0.2) is 9.67 Å². The van der Waals surface area contributed by atoms with E-state index in [0.717, 1.165) is 38.3 Å². The Morgan fingerprint density at radius 2 is 2.17 bits per heavy atom. The van der Waals surface area contributed by atoms with E-state index >= 15 is 0 Å². The van der Waals surface area contributed by atoms with E-state index in [-0.39, 0.29) is 5.41 Å². The maximum absolute atomic E-state index is 9.63. The van der Waals surface area contributed by atoms with Gasteiger partial charge in [0.1, 0.15) is 12.2 Å². The first kappa shape index (κ1) is 13.5. The first-order valence-corrected chi connectivity index (χ1v) is 6.98. The molecular weight excluding hydrogens is 228 g/mol. The molecule has 0 radical (unpaired) electrons. The van der Waals surface area contributed by atoms with Crippen molar-refractivity contribution in [2.75, 3.05) is 13.2 Å². The molecule has 5 heteroatoms. The Bertz CT molecular complexity index is 358. The van der Waals surface area contributed by atoms with Crippen molar-refractivity contribution in [2.24, 2.45) is 5.41 Å². The molecule has 0 bridgehead atoms. The van der Waals surface area contributed by atoms with Crippen molar-refractivity contribution in [3.8, 4) is 0 Å². The monoisotopic (exact) mass is 252 g/mol. The molecule has 0 aromatic carbocycles. The van der Waals surface area contributed by atoms with E-state index in [1.165, 1.54) is 19.3 Å². The largest absolute Gasteiger partial charge is 0.396 e. The fraction of sp³-hybridized carbons (Fsp3) is 0.846. The molecule has 18 heavy (non-hydrogen) atoms. The zero-order valence-corrected chi connectivity index (χ0v) is 11.2. The molecule has 0 unspecified atom stereocenters. The molecule has 0 amide bonds. The number of rotatable bonds is 6. The van der Waals surface area contributed by atoms with Crippen LogP contribution in [-0.4, -0.2) is 33.0 Å². The summed E-state index contributed by atoms with van der Waals surface area (Å²) in [5.74, 6) is 0.974. The number of nitrogens with zero attached hydrogens (tertiary/aromatic N) is 3. The van der Waals surface area contributed by atoms with Crippen LogP contribution in [0.4, 0.5) is 0 Å². The van der Waals surface area contributed by atoms with Gasteiger partial charge in [0.15, 0.2) is 0 Å². The SMILES string of the molecule is CCn1ncnc1CNCC1(CO)CCCCC1. The average molecular weight is 252 g/mol. The molecule has 102 valence electrons. The Morgan fingerprint density at radius 1 is 1.39 bits per heavy atom. The van der Waals surface area contributed by atoms with Crippen molar-refractivity contribution in [2.45, 2.75) is 52.1 Å². The van der Waals surface area contributed by atoms with Crippen molar-refractivity contribution < 1.29 is 5.11 Å². The molecule has 1 aliphatic rings. The molecule has 2 N–H and O–H groups in total. The first-order chi connectivity index (χ1) is 8.79. The van der Waals surface area contributed by atoms with Crippen molar-refractivity contribution in [3.63, 3.8) is 0 Å². The van der Waals surface area contributed by atoms with Crippen LogP contribution in [0.25, 0.3) is 0 Å². The van der Waals surface area contributed by atoms with E-state index in [2.05, 4.69) is 22.3 Å². The van der Waals surface area contributed by atoms with Gasteiger partial charge in [-0.2, -0.15) is 5.10 Å². The van der Waals surface area contributed by atoms with Crippen LogP contribution in [0.3, 0.4) is 0 Å². The Balaban J connectivity index is 1.83. The first-order valence-electron chi connectivity index (χ1n) is 6.98. The number of hydrogen-bond acceptors (Lipinski definition) is 4. The normalized spacial score (nSPS) is 19.0. The van der Waals surface area contributed by atoms with Crippen LogP contribution < -0.4 is 5.32 Å². The highest BCUT2D eigenvalue weighted by atomic mass is 16.3. The van der Waals surface area contributed by atoms with Crippen LogP contribution in [0.5, 0.6) is 0 Å². The Morgan fingerprint density at radius 3 is 2.83 bits per heavy atom. The number of aryl methyl sites for hydroxylation is 1. The summed E-state index contributed by atoms with van der Waals surface area (Å²) >= 11 is 0. The number of nitrogens with one attached hydrogen (secondary N) is 1. The van der Waals surface area contributed by atoms with E-state index < -0.39 is 0 Å². The van der Waals surface area contributed by atoms with Gasteiger partial charge < -0.3 is 10.4 Å². The van der Waals surface area contributed by atoms with Gasteiger partial charge in [0.25, 0.3) is 0 Å². The zero-order chi connectivity index (χ0) is 12.8. The third-order valence-electron chi connectivity index (χ3n) is 4.03. The quantitative estimate of drug-likeness (QED) is 0.802. The van der Waals surface area contributed by atoms with Crippen molar-refractivity contribution in [1.29, 1.82) is 0 Å². The lowest BCUT2D eigenvalue weighted by Gasteiger charge is -2.35. The van der Waals surface area contributed by atoms with E-state index in [1.54, 1.807) is 6.33 Å². The molecule has 1 fully saturated rings. The van der Waals surface area contributed by atoms with Crippen LogP contribution in [0.1, 0.15) is 44.9 Å². The Hall–Kier alpha value is -0.940. The maximum Gasteiger partial charge on any atom is 0.140 e. The van der Waals surface area contributed by atoms with Crippen molar-refractivity contribution in [3.05, 3.63) is 12.2 Å². The lowest BCUT2D eigenvalue weighted by molar-refractivity contribution is 0.0808. The minimum atomic E-state index is 0.0926. The second-order valence-electron chi connectivity index (χ2n) is 5.31. The molecule has 1 aliphatic carbocycles. The van der Waals surface area contributed by atoms with Gasteiger partial charge in [-0.05, 0) is 19.8 Å². The van der Waals surface area contributed by atoms with Crippen LogP contribution in [0.15, 0.2) is 6.33 Å². The molecule has 1 heterocycles. The fourth-order valence-corrected chi connectivity index (χ4v) is 2.82. The third kappa shape index (κ3) is 3.09. The molecule has 2 rings (SSSR count). The molecule has 0 aliphatic heterocycles. The average Bonchev–Trinajstić information content (AvgIpc) is 2.87. The molecule has 1 aromatic heterocycles. The summed E-state index contributed by atoms with van der Waals surface area (Å²) in [6.07, 6.45) is 7.67. The molecule has 0 saturated heterocycles. The van der Waals surface area contributed by atoms with Crippen LogP contribution in [-0.2, 0) is 13.1 Å². The zero-order valence-electron chi connectivity index (χ0n) is 11.2. The minimum absolute atomic E-state index is 0.0926. The molecule has 0 spiro atoms. The molecule has 1 saturated carbocycles. The third-order valence-corrected chi connectivity index (χ3v) is 4.03. The Labute approximate surface area is 109 Å². The summed E-state index contributed by atoms with van der Waals surface area (Å²) in [6.45, 7) is 4.81. The van der Waals surface area contributed by atoms with Gasteiger partial charge in [0.05, 0.1) is 6.54 Å². The standard InChI is InChI=1S/C13H24N4O/c1-2-17-12(15-11-16-17)8-14-9-13(10-18)6-4-3-5-7-13/h11,14,18H,2-10H2,1H3.